The molecule has 7 nitrogen and oxygen atoms in total. The number of nitrogens with zero attached hydrogens (tertiary/aromatic N) is 1. The first kappa shape index (κ1) is 20.3. The summed E-state index contributed by atoms with van der Waals surface area (Å²) in [4.78, 5) is 38.4. The minimum atomic E-state index is -0.455. The van der Waals surface area contributed by atoms with Crippen LogP contribution in [0.2, 0.25) is 0 Å². The van der Waals surface area contributed by atoms with Gasteiger partial charge in [0.05, 0.1) is 19.1 Å². The molecule has 8 heteroatoms. The molecular formula is C20H24N2O5S. The van der Waals surface area contributed by atoms with E-state index in [1.807, 2.05) is 0 Å². The summed E-state index contributed by atoms with van der Waals surface area (Å²) < 4.78 is 10.5. The van der Waals surface area contributed by atoms with Gasteiger partial charge in [-0.15, -0.1) is 0 Å². The molecule has 0 radical (unpaired) electrons. The van der Waals surface area contributed by atoms with Crippen molar-refractivity contribution in [3.63, 3.8) is 0 Å². The second-order valence-corrected chi connectivity index (χ2v) is 7.78. The van der Waals surface area contributed by atoms with Crippen LogP contribution >= 0.6 is 11.8 Å². The molecule has 0 spiro atoms. The number of methoxy groups -OCH3 is 2. The van der Waals surface area contributed by atoms with Gasteiger partial charge in [0.2, 0.25) is 5.91 Å². The molecule has 28 heavy (non-hydrogen) atoms. The molecule has 2 fully saturated rings. The van der Waals surface area contributed by atoms with E-state index in [-0.39, 0.29) is 23.4 Å². The van der Waals surface area contributed by atoms with Gasteiger partial charge in [-0.25, -0.2) is 0 Å². The molecule has 1 aromatic rings. The number of hydrogen-bond donors (Lipinski definition) is 1. The molecule has 1 saturated heterocycles. The highest BCUT2D eigenvalue weighted by Crippen LogP contribution is 2.34. The Kier molecular flexibility index (Phi) is 6.61. The Labute approximate surface area is 168 Å². The highest BCUT2D eigenvalue weighted by molar-refractivity contribution is 8.18. The van der Waals surface area contributed by atoms with Crippen molar-refractivity contribution in [2.24, 2.45) is 0 Å². The normalized spacial score (nSPS) is 19.2. The molecule has 0 atom stereocenters. The molecule has 150 valence electrons. The Bertz CT molecular complexity index is 802. The lowest BCUT2D eigenvalue weighted by molar-refractivity contribution is -0.129. The number of amides is 3. The zero-order valence-electron chi connectivity index (χ0n) is 16.0. The van der Waals surface area contributed by atoms with Crippen LogP contribution in [0.1, 0.15) is 37.7 Å². The third-order valence-corrected chi connectivity index (χ3v) is 5.76. The Morgan fingerprint density at radius 2 is 1.89 bits per heavy atom. The largest absolute Gasteiger partial charge is 0.493 e. The maximum Gasteiger partial charge on any atom is 0.294 e. The van der Waals surface area contributed by atoms with E-state index in [9.17, 15) is 14.4 Å². The van der Waals surface area contributed by atoms with Crippen LogP contribution in [0.5, 0.6) is 11.5 Å². The maximum atomic E-state index is 12.6. The number of nitrogens with one attached hydrogen (secondary N) is 1. The van der Waals surface area contributed by atoms with Crippen molar-refractivity contribution in [2.45, 2.75) is 38.1 Å². The summed E-state index contributed by atoms with van der Waals surface area (Å²) in [6.45, 7) is -0.246. The van der Waals surface area contributed by atoms with E-state index in [1.54, 1.807) is 31.4 Å². The molecule has 3 rings (SSSR count). The molecule has 1 aliphatic heterocycles. The fourth-order valence-electron chi connectivity index (χ4n) is 3.39. The van der Waals surface area contributed by atoms with Crippen molar-refractivity contribution >= 4 is 34.9 Å². The predicted octanol–water partition coefficient (Wildman–Crippen LogP) is 3.19. The van der Waals surface area contributed by atoms with Crippen LogP contribution in [0.15, 0.2) is 23.1 Å². The van der Waals surface area contributed by atoms with Gasteiger partial charge < -0.3 is 14.8 Å². The van der Waals surface area contributed by atoms with Crippen molar-refractivity contribution < 1.29 is 23.9 Å². The number of ether oxygens (including phenoxy) is 2. The molecule has 1 aliphatic carbocycles. The van der Waals surface area contributed by atoms with Gasteiger partial charge in [-0.05, 0) is 48.4 Å². The molecule has 1 heterocycles. The maximum absolute atomic E-state index is 12.6. The molecule has 0 unspecified atom stereocenters. The van der Waals surface area contributed by atoms with Crippen LogP contribution in [0.4, 0.5) is 4.79 Å². The summed E-state index contributed by atoms with van der Waals surface area (Å²) >= 11 is 0.835. The minimum Gasteiger partial charge on any atom is -0.493 e. The Hall–Kier alpha value is -2.48. The van der Waals surface area contributed by atoms with E-state index in [2.05, 4.69) is 5.32 Å². The number of carbonyl (C=O) groups is 3. The molecule has 0 aromatic heterocycles. The van der Waals surface area contributed by atoms with Gasteiger partial charge >= 0.3 is 0 Å². The zero-order chi connectivity index (χ0) is 20.1. The van der Waals surface area contributed by atoms with E-state index < -0.39 is 11.1 Å². The zero-order valence-corrected chi connectivity index (χ0v) is 16.8. The second kappa shape index (κ2) is 9.14. The first-order valence-corrected chi connectivity index (χ1v) is 10.1. The van der Waals surface area contributed by atoms with Crippen LogP contribution in [0.25, 0.3) is 6.08 Å². The van der Waals surface area contributed by atoms with Crippen molar-refractivity contribution in [1.29, 1.82) is 0 Å². The van der Waals surface area contributed by atoms with Gasteiger partial charge in [0, 0.05) is 6.04 Å². The number of hydrogen-bond acceptors (Lipinski definition) is 6. The smallest absolute Gasteiger partial charge is 0.294 e. The lowest BCUT2D eigenvalue weighted by Gasteiger charge is -2.23. The van der Waals surface area contributed by atoms with Crippen LogP contribution < -0.4 is 14.8 Å². The first-order chi connectivity index (χ1) is 13.5. The number of rotatable bonds is 6. The Morgan fingerprint density at radius 1 is 1.18 bits per heavy atom. The molecule has 0 bridgehead atoms. The van der Waals surface area contributed by atoms with Crippen LogP contribution in [0.3, 0.4) is 0 Å². The predicted molar refractivity (Wildman–Crippen MR) is 107 cm³/mol. The lowest BCUT2D eigenvalue weighted by Crippen LogP contribution is -2.44. The van der Waals surface area contributed by atoms with Gasteiger partial charge in [-0.2, -0.15) is 0 Å². The number of carbonyl (C=O) groups excluding carboxylic acids is 3. The van der Waals surface area contributed by atoms with Crippen molar-refractivity contribution in [1.82, 2.24) is 10.2 Å². The van der Waals surface area contributed by atoms with Crippen molar-refractivity contribution in [2.75, 3.05) is 20.8 Å². The monoisotopic (exact) mass is 404 g/mol. The van der Waals surface area contributed by atoms with E-state index in [4.69, 9.17) is 9.47 Å². The third kappa shape index (κ3) is 4.67. The Balaban J connectivity index is 1.67. The van der Waals surface area contributed by atoms with Crippen molar-refractivity contribution in [3.8, 4) is 11.5 Å². The van der Waals surface area contributed by atoms with Crippen LogP contribution in [-0.4, -0.2) is 48.8 Å². The number of thioether (sulfide) groups is 1. The summed E-state index contributed by atoms with van der Waals surface area (Å²) in [6, 6.07) is 5.36. The highest BCUT2D eigenvalue weighted by atomic mass is 32.2. The highest BCUT2D eigenvalue weighted by Gasteiger charge is 2.36. The average Bonchev–Trinajstić information content (AvgIpc) is 2.96. The molecule has 1 N–H and O–H groups in total. The van der Waals surface area contributed by atoms with E-state index in [1.165, 1.54) is 13.5 Å². The third-order valence-electron chi connectivity index (χ3n) is 4.85. The summed E-state index contributed by atoms with van der Waals surface area (Å²) in [6.07, 6.45) is 6.91. The fraction of sp³-hybridized carbons (Fsp3) is 0.450. The first-order valence-electron chi connectivity index (χ1n) is 9.28. The topological polar surface area (TPSA) is 84.9 Å². The fourth-order valence-corrected chi connectivity index (χ4v) is 4.23. The summed E-state index contributed by atoms with van der Waals surface area (Å²) in [5.74, 6) is 0.361. The number of imide groups is 1. The number of benzene rings is 1. The molecule has 1 saturated carbocycles. The molecule has 3 amide bonds. The van der Waals surface area contributed by atoms with Gasteiger partial charge in [0.25, 0.3) is 11.1 Å². The summed E-state index contributed by atoms with van der Waals surface area (Å²) in [7, 11) is 3.07. The van der Waals surface area contributed by atoms with E-state index >= 15 is 0 Å². The quantitative estimate of drug-likeness (QED) is 0.733. The van der Waals surface area contributed by atoms with E-state index in [0.717, 1.165) is 42.3 Å². The van der Waals surface area contributed by atoms with Gasteiger partial charge in [-0.1, -0.05) is 25.3 Å². The van der Waals surface area contributed by atoms with Crippen LogP contribution in [0, 0.1) is 0 Å². The minimum absolute atomic E-state index is 0.142. The molecule has 1 aromatic carbocycles. The van der Waals surface area contributed by atoms with Crippen LogP contribution in [-0.2, 0) is 9.59 Å². The SMILES string of the molecule is COc1ccc(C=C2SC(=O)N(CC(=O)NC3CCCCC3)C2=O)cc1OC. The molecular weight excluding hydrogens is 380 g/mol. The van der Waals surface area contributed by atoms with Gasteiger partial charge in [0.1, 0.15) is 6.54 Å². The standard InChI is InChI=1S/C20H24N2O5S/c1-26-15-9-8-13(10-16(15)27-2)11-17-19(24)22(20(25)28-17)12-18(23)21-14-6-4-3-5-7-14/h8-11,14H,3-7,12H2,1-2H3,(H,21,23). The van der Waals surface area contributed by atoms with Gasteiger partial charge in [-0.3, -0.25) is 19.3 Å². The second-order valence-electron chi connectivity index (χ2n) is 6.78. The Morgan fingerprint density at radius 3 is 2.57 bits per heavy atom. The molecule has 2 aliphatic rings. The summed E-state index contributed by atoms with van der Waals surface area (Å²) in [5, 5.41) is 2.50. The average molecular weight is 404 g/mol. The van der Waals surface area contributed by atoms with Gasteiger partial charge in [0.15, 0.2) is 11.5 Å². The lowest BCUT2D eigenvalue weighted by atomic mass is 9.95. The van der Waals surface area contributed by atoms with E-state index in [0.29, 0.717) is 17.1 Å². The van der Waals surface area contributed by atoms with Crippen molar-refractivity contribution in [3.05, 3.63) is 28.7 Å². The summed E-state index contributed by atoms with van der Waals surface area (Å²) in [5.41, 5.74) is 0.704.